The maximum absolute atomic E-state index is 12.6. The summed E-state index contributed by atoms with van der Waals surface area (Å²) < 4.78 is 6.19. The molecular weight excluding hydrogens is 462 g/mol. The summed E-state index contributed by atoms with van der Waals surface area (Å²) in [6.07, 6.45) is 2.20. The van der Waals surface area contributed by atoms with E-state index in [0.717, 1.165) is 10.0 Å². The van der Waals surface area contributed by atoms with Crippen LogP contribution in [0.15, 0.2) is 75.8 Å². The van der Waals surface area contributed by atoms with Gasteiger partial charge >= 0.3 is 6.03 Å². The Hall–Kier alpha value is -3.14. The monoisotopic (exact) mass is 483 g/mol. The summed E-state index contributed by atoms with van der Waals surface area (Å²) in [5.41, 5.74) is 8.62. The fourth-order valence-corrected chi connectivity index (χ4v) is 3.53. The number of hydrogen-bond donors (Lipinski definition) is 5. The van der Waals surface area contributed by atoms with E-state index in [1.54, 1.807) is 42.7 Å². The molecule has 5 N–H and O–H groups in total. The maximum Gasteiger partial charge on any atom is 0.319 e. The number of benzene rings is 2. The first-order valence-electron chi connectivity index (χ1n) is 9.81. The number of hydrazine groups is 1. The molecule has 2 unspecified atom stereocenters. The summed E-state index contributed by atoms with van der Waals surface area (Å²) >= 11 is 3.43. The van der Waals surface area contributed by atoms with Gasteiger partial charge in [-0.15, -0.1) is 0 Å². The highest BCUT2D eigenvalue weighted by molar-refractivity contribution is 9.10. The van der Waals surface area contributed by atoms with E-state index in [-0.39, 0.29) is 24.0 Å². The zero-order valence-electron chi connectivity index (χ0n) is 16.5. The van der Waals surface area contributed by atoms with Gasteiger partial charge in [-0.25, -0.2) is 15.6 Å². The van der Waals surface area contributed by atoms with E-state index in [0.29, 0.717) is 30.1 Å². The van der Waals surface area contributed by atoms with Crippen molar-refractivity contribution in [3.05, 3.63) is 82.7 Å². The summed E-state index contributed by atoms with van der Waals surface area (Å²) in [7, 11) is 0. The standard InChI is InChI=1S/C22H22BrN5O3/c23-15-5-3-14(4-6-15)19-12-20(28-27-19)21(29)25-16-7-9-17(10-8-16)26-22(30)24-13-18-2-1-11-31-18/h1-11,19-20,27-28H,12-13H2,(H,25,29)(H2,24,26,30). The van der Waals surface area contributed by atoms with Gasteiger partial charge in [0.1, 0.15) is 11.8 Å². The molecule has 1 aliphatic heterocycles. The molecule has 1 aliphatic rings. The molecule has 1 aromatic heterocycles. The van der Waals surface area contributed by atoms with Crippen LogP contribution < -0.4 is 26.8 Å². The third-order valence-corrected chi connectivity index (χ3v) is 5.43. The van der Waals surface area contributed by atoms with E-state index in [2.05, 4.69) is 42.7 Å². The van der Waals surface area contributed by atoms with E-state index in [4.69, 9.17) is 4.42 Å². The molecule has 0 bridgehead atoms. The predicted molar refractivity (Wildman–Crippen MR) is 121 cm³/mol. The first kappa shape index (κ1) is 21.1. The fourth-order valence-electron chi connectivity index (χ4n) is 3.26. The number of hydrogen-bond acceptors (Lipinski definition) is 5. The molecule has 0 saturated carbocycles. The number of anilines is 2. The zero-order chi connectivity index (χ0) is 21.6. The van der Waals surface area contributed by atoms with Crippen LogP contribution in [0.25, 0.3) is 0 Å². The Bertz CT molecular complexity index is 1020. The number of amides is 3. The molecule has 2 aromatic carbocycles. The van der Waals surface area contributed by atoms with E-state index >= 15 is 0 Å². The maximum atomic E-state index is 12.6. The molecule has 4 rings (SSSR count). The topological polar surface area (TPSA) is 107 Å². The summed E-state index contributed by atoms with van der Waals surface area (Å²) in [4.78, 5) is 24.6. The Labute approximate surface area is 187 Å². The van der Waals surface area contributed by atoms with Crippen molar-refractivity contribution < 1.29 is 14.0 Å². The lowest BCUT2D eigenvalue weighted by molar-refractivity contribution is -0.117. The van der Waals surface area contributed by atoms with Crippen molar-refractivity contribution in [2.45, 2.75) is 25.0 Å². The first-order chi connectivity index (χ1) is 15.1. The molecule has 0 radical (unpaired) electrons. The van der Waals surface area contributed by atoms with Crippen LogP contribution in [-0.4, -0.2) is 18.0 Å². The second-order valence-corrected chi connectivity index (χ2v) is 8.05. The van der Waals surface area contributed by atoms with Gasteiger partial charge in [0.25, 0.3) is 0 Å². The van der Waals surface area contributed by atoms with Crippen molar-refractivity contribution in [2.75, 3.05) is 10.6 Å². The van der Waals surface area contributed by atoms with E-state index < -0.39 is 0 Å². The molecule has 160 valence electrons. The average Bonchev–Trinajstić information content (AvgIpc) is 3.47. The smallest absolute Gasteiger partial charge is 0.319 e. The van der Waals surface area contributed by atoms with Crippen LogP contribution in [0.2, 0.25) is 0 Å². The normalized spacial score (nSPS) is 17.8. The molecule has 8 nitrogen and oxygen atoms in total. The number of urea groups is 1. The van der Waals surface area contributed by atoms with Crippen LogP contribution in [0.4, 0.5) is 16.2 Å². The molecule has 1 fully saturated rings. The second-order valence-electron chi connectivity index (χ2n) is 7.13. The largest absolute Gasteiger partial charge is 0.467 e. The Morgan fingerprint density at radius 3 is 2.35 bits per heavy atom. The highest BCUT2D eigenvalue weighted by Gasteiger charge is 2.30. The van der Waals surface area contributed by atoms with Gasteiger partial charge in [-0.1, -0.05) is 28.1 Å². The van der Waals surface area contributed by atoms with E-state index in [1.165, 1.54) is 0 Å². The zero-order valence-corrected chi connectivity index (χ0v) is 18.1. The molecule has 0 aliphatic carbocycles. The van der Waals surface area contributed by atoms with Gasteiger partial charge in [0.15, 0.2) is 0 Å². The minimum Gasteiger partial charge on any atom is -0.467 e. The lowest BCUT2D eigenvalue weighted by Crippen LogP contribution is -2.39. The molecule has 31 heavy (non-hydrogen) atoms. The number of carbonyl (C=O) groups excluding carboxylic acids is 2. The molecule has 0 spiro atoms. The average molecular weight is 484 g/mol. The number of furan rings is 1. The van der Waals surface area contributed by atoms with Crippen molar-refractivity contribution in [3.63, 3.8) is 0 Å². The van der Waals surface area contributed by atoms with Gasteiger partial charge in [-0.2, -0.15) is 0 Å². The molecule has 3 aromatic rings. The lowest BCUT2D eigenvalue weighted by atomic mass is 10.0. The number of rotatable bonds is 6. The number of halogens is 1. The predicted octanol–water partition coefficient (Wildman–Crippen LogP) is 3.91. The van der Waals surface area contributed by atoms with Crippen LogP contribution in [0.3, 0.4) is 0 Å². The van der Waals surface area contributed by atoms with Gasteiger partial charge in [0, 0.05) is 21.9 Å². The van der Waals surface area contributed by atoms with Gasteiger partial charge in [-0.3, -0.25) is 4.79 Å². The van der Waals surface area contributed by atoms with Crippen molar-refractivity contribution in [1.29, 1.82) is 0 Å². The molecule has 1 saturated heterocycles. The van der Waals surface area contributed by atoms with E-state index in [1.807, 2.05) is 24.3 Å². The van der Waals surface area contributed by atoms with Gasteiger partial charge in [0.2, 0.25) is 5.91 Å². The number of nitrogens with one attached hydrogen (secondary N) is 5. The van der Waals surface area contributed by atoms with Crippen LogP contribution >= 0.6 is 15.9 Å². The van der Waals surface area contributed by atoms with Crippen LogP contribution in [0.5, 0.6) is 0 Å². The molecule has 3 amide bonds. The second kappa shape index (κ2) is 9.78. The van der Waals surface area contributed by atoms with Crippen molar-refractivity contribution >= 4 is 39.2 Å². The third kappa shape index (κ3) is 5.72. The van der Waals surface area contributed by atoms with Crippen LogP contribution in [-0.2, 0) is 11.3 Å². The molecule has 2 heterocycles. The van der Waals surface area contributed by atoms with Crippen molar-refractivity contribution in [1.82, 2.24) is 16.2 Å². The fraction of sp³-hybridized carbons (Fsp3) is 0.182. The van der Waals surface area contributed by atoms with Crippen LogP contribution in [0.1, 0.15) is 23.8 Å². The van der Waals surface area contributed by atoms with E-state index in [9.17, 15) is 9.59 Å². The summed E-state index contributed by atoms with van der Waals surface area (Å²) in [5.74, 6) is 0.551. The first-order valence-corrected chi connectivity index (χ1v) is 10.6. The quantitative estimate of drug-likeness (QED) is 0.365. The minimum atomic E-state index is -0.348. The third-order valence-electron chi connectivity index (χ3n) is 4.91. The number of carbonyl (C=O) groups is 2. The minimum absolute atomic E-state index is 0.0649. The Balaban J connectivity index is 1.25. The summed E-state index contributed by atoms with van der Waals surface area (Å²) in [6.45, 7) is 0.302. The van der Waals surface area contributed by atoms with Crippen molar-refractivity contribution in [2.24, 2.45) is 0 Å². The molecular formula is C22H22BrN5O3. The highest BCUT2D eigenvalue weighted by Crippen LogP contribution is 2.24. The van der Waals surface area contributed by atoms with Crippen molar-refractivity contribution in [3.8, 4) is 0 Å². The summed E-state index contributed by atoms with van der Waals surface area (Å²) in [6, 6.07) is 17.9. The Kier molecular flexibility index (Phi) is 6.66. The van der Waals surface area contributed by atoms with Gasteiger partial charge in [-0.05, 0) is 60.5 Å². The Morgan fingerprint density at radius 2 is 1.68 bits per heavy atom. The summed E-state index contributed by atoms with van der Waals surface area (Å²) in [5, 5.41) is 8.34. The van der Waals surface area contributed by atoms with Gasteiger partial charge in [0.05, 0.1) is 12.8 Å². The molecule has 9 heteroatoms. The molecule has 2 atom stereocenters. The highest BCUT2D eigenvalue weighted by atomic mass is 79.9. The van der Waals surface area contributed by atoms with Gasteiger partial charge < -0.3 is 20.4 Å². The Morgan fingerprint density at radius 1 is 0.968 bits per heavy atom. The van der Waals surface area contributed by atoms with Crippen LogP contribution in [0, 0.1) is 0 Å². The SMILES string of the molecule is O=C(NCc1ccco1)Nc1ccc(NC(=O)C2CC(c3ccc(Br)cc3)NN2)cc1. The lowest BCUT2D eigenvalue weighted by Gasteiger charge is -2.12.